The van der Waals surface area contributed by atoms with E-state index in [1.165, 1.54) is 0 Å². The van der Waals surface area contributed by atoms with E-state index < -0.39 is 0 Å². The van der Waals surface area contributed by atoms with Crippen molar-refractivity contribution >= 4 is 17.2 Å². The molecule has 0 radical (unpaired) electrons. The lowest BCUT2D eigenvalue weighted by molar-refractivity contribution is -0.143. The first-order valence-corrected chi connectivity index (χ1v) is 7.68. The number of piperidine rings is 1. The summed E-state index contributed by atoms with van der Waals surface area (Å²) in [6.45, 7) is 5.61. The van der Waals surface area contributed by atoms with Crippen LogP contribution in [0.1, 0.15) is 29.3 Å². The Hall–Kier alpha value is -1.01. The Morgan fingerprint density at radius 1 is 1.32 bits per heavy atom. The fourth-order valence-corrected chi connectivity index (χ4v) is 4.08. The predicted octanol–water partition coefficient (Wildman–Crippen LogP) is 1.29. The second kappa shape index (κ2) is 4.83. The molecule has 5 nitrogen and oxygen atoms in total. The van der Waals surface area contributed by atoms with Crippen LogP contribution < -0.4 is 0 Å². The number of aromatic nitrogens is 2. The molecule has 0 aromatic carbocycles. The molecular formula is C13H20N4OS. The highest BCUT2D eigenvalue weighted by Gasteiger charge is 2.47. The van der Waals surface area contributed by atoms with Crippen molar-refractivity contribution in [2.75, 3.05) is 26.7 Å². The van der Waals surface area contributed by atoms with E-state index in [2.05, 4.69) is 15.1 Å². The lowest BCUT2D eigenvalue weighted by Gasteiger charge is -2.37. The number of rotatable bonds is 2. The molecule has 2 aliphatic heterocycles. The SMILES string of the molecule is Cc1nnc(CN2CC[C@]3(CCCN(C)C3=O)C2)s1. The minimum atomic E-state index is -0.118. The molecule has 1 amide bonds. The lowest BCUT2D eigenvalue weighted by atomic mass is 9.78. The minimum Gasteiger partial charge on any atom is -0.345 e. The summed E-state index contributed by atoms with van der Waals surface area (Å²) in [7, 11) is 1.93. The third-order valence-electron chi connectivity index (χ3n) is 4.31. The topological polar surface area (TPSA) is 49.3 Å². The third kappa shape index (κ3) is 2.39. The molecule has 1 atom stereocenters. The molecule has 0 unspecified atom stereocenters. The van der Waals surface area contributed by atoms with Crippen LogP contribution in [-0.2, 0) is 11.3 Å². The Kier molecular flexibility index (Phi) is 3.30. The number of aryl methyl sites for hydroxylation is 1. The van der Waals surface area contributed by atoms with Gasteiger partial charge < -0.3 is 4.90 Å². The molecule has 1 aromatic rings. The Morgan fingerprint density at radius 3 is 2.89 bits per heavy atom. The molecule has 0 aliphatic carbocycles. The molecule has 0 saturated carbocycles. The molecule has 3 heterocycles. The van der Waals surface area contributed by atoms with E-state index in [9.17, 15) is 4.79 Å². The second-order valence-corrected chi connectivity index (χ2v) is 7.05. The Morgan fingerprint density at radius 2 is 2.16 bits per heavy atom. The average molecular weight is 280 g/mol. The van der Waals surface area contributed by atoms with E-state index in [1.54, 1.807) is 11.3 Å². The van der Waals surface area contributed by atoms with Gasteiger partial charge in [0, 0.05) is 20.1 Å². The number of nitrogens with zero attached hydrogens (tertiary/aromatic N) is 4. The van der Waals surface area contributed by atoms with Crippen LogP contribution in [0.3, 0.4) is 0 Å². The van der Waals surface area contributed by atoms with Gasteiger partial charge in [0.25, 0.3) is 0 Å². The van der Waals surface area contributed by atoms with Gasteiger partial charge in [-0.2, -0.15) is 0 Å². The average Bonchev–Trinajstić information content (AvgIpc) is 2.95. The standard InChI is InChI=1S/C13H20N4OS/c1-10-14-15-11(19-10)8-17-7-5-13(9-17)4-3-6-16(2)12(13)18/h3-9H2,1-2H3/t13-/m1/s1. The largest absolute Gasteiger partial charge is 0.345 e. The highest BCUT2D eigenvalue weighted by atomic mass is 32.1. The molecule has 2 fully saturated rings. The Balaban J connectivity index is 1.67. The van der Waals surface area contributed by atoms with Gasteiger partial charge in [-0.3, -0.25) is 9.69 Å². The Bertz CT molecular complexity index is 489. The molecule has 2 saturated heterocycles. The molecule has 0 bridgehead atoms. The number of hydrogen-bond donors (Lipinski definition) is 0. The van der Waals surface area contributed by atoms with E-state index in [1.807, 2.05) is 18.9 Å². The van der Waals surface area contributed by atoms with Gasteiger partial charge in [-0.1, -0.05) is 0 Å². The quantitative estimate of drug-likeness (QED) is 0.819. The van der Waals surface area contributed by atoms with Crippen molar-refractivity contribution in [2.45, 2.75) is 32.7 Å². The number of amides is 1. The summed E-state index contributed by atoms with van der Waals surface area (Å²) in [5.41, 5.74) is -0.118. The molecule has 6 heteroatoms. The van der Waals surface area contributed by atoms with E-state index in [4.69, 9.17) is 0 Å². The van der Waals surface area contributed by atoms with Crippen molar-refractivity contribution in [3.63, 3.8) is 0 Å². The summed E-state index contributed by atoms with van der Waals surface area (Å²) in [6.07, 6.45) is 3.17. The summed E-state index contributed by atoms with van der Waals surface area (Å²) in [4.78, 5) is 16.7. The summed E-state index contributed by atoms with van der Waals surface area (Å²) in [5.74, 6) is 0.342. The van der Waals surface area contributed by atoms with Crippen molar-refractivity contribution in [1.29, 1.82) is 0 Å². The molecule has 19 heavy (non-hydrogen) atoms. The number of carbonyl (C=O) groups excluding carboxylic acids is 1. The van der Waals surface area contributed by atoms with Crippen molar-refractivity contribution < 1.29 is 4.79 Å². The first-order chi connectivity index (χ1) is 9.09. The highest BCUT2D eigenvalue weighted by Crippen LogP contribution is 2.40. The van der Waals surface area contributed by atoms with Crippen LogP contribution in [0.4, 0.5) is 0 Å². The van der Waals surface area contributed by atoms with Crippen LogP contribution in [-0.4, -0.2) is 52.6 Å². The zero-order chi connectivity index (χ0) is 13.5. The maximum atomic E-state index is 12.4. The zero-order valence-corrected chi connectivity index (χ0v) is 12.4. The molecular weight excluding hydrogens is 260 g/mol. The van der Waals surface area contributed by atoms with Crippen LogP contribution in [0.5, 0.6) is 0 Å². The van der Waals surface area contributed by atoms with Crippen molar-refractivity contribution in [3.05, 3.63) is 10.0 Å². The van der Waals surface area contributed by atoms with Gasteiger partial charge in [0.05, 0.1) is 12.0 Å². The van der Waals surface area contributed by atoms with E-state index in [0.29, 0.717) is 5.91 Å². The molecule has 3 rings (SSSR count). The van der Waals surface area contributed by atoms with E-state index >= 15 is 0 Å². The third-order valence-corrected chi connectivity index (χ3v) is 5.13. The molecule has 0 N–H and O–H groups in total. The summed E-state index contributed by atoms with van der Waals surface area (Å²) in [5, 5.41) is 10.3. The van der Waals surface area contributed by atoms with Crippen molar-refractivity contribution in [1.82, 2.24) is 20.0 Å². The smallest absolute Gasteiger partial charge is 0.229 e. The van der Waals surface area contributed by atoms with E-state index in [0.717, 1.165) is 55.5 Å². The predicted molar refractivity (Wildman–Crippen MR) is 73.8 cm³/mol. The lowest BCUT2D eigenvalue weighted by Crippen LogP contribution is -2.48. The van der Waals surface area contributed by atoms with Crippen LogP contribution in [0.2, 0.25) is 0 Å². The fourth-order valence-electron chi connectivity index (χ4n) is 3.33. The van der Waals surface area contributed by atoms with Crippen LogP contribution in [0.15, 0.2) is 0 Å². The van der Waals surface area contributed by atoms with Gasteiger partial charge >= 0.3 is 0 Å². The normalized spacial score (nSPS) is 28.5. The second-order valence-electron chi connectivity index (χ2n) is 5.79. The first-order valence-electron chi connectivity index (χ1n) is 6.86. The molecule has 104 valence electrons. The van der Waals surface area contributed by atoms with Gasteiger partial charge in [-0.25, -0.2) is 0 Å². The summed E-state index contributed by atoms with van der Waals surface area (Å²) in [6, 6.07) is 0. The minimum absolute atomic E-state index is 0.118. The number of likely N-dealkylation sites (tertiary alicyclic amines) is 2. The van der Waals surface area contributed by atoms with Crippen LogP contribution in [0.25, 0.3) is 0 Å². The van der Waals surface area contributed by atoms with Crippen LogP contribution in [0, 0.1) is 12.3 Å². The Labute approximate surface area is 117 Å². The highest BCUT2D eigenvalue weighted by molar-refractivity contribution is 7.11. The fraction of sp³-hybridized carbons (Fsp3) is 0.769. The molecule has 1 aromatic heterocycles. The summed E-state index contributed by atoms with van der Waals surface area (Å²) >= 11 is 1.65. The maximum absolute atomic E-state index is 12.4. The van der Waals surface area contributed by atoms with Gasteiger partial charge in [0.15, 0.2) is 0 Å². The number of hydrogen-bond acceptors (Lipinski definition) is 5. The van der Waals surface area contributed by atoms with Gasteiger partial charge in [-0.05, 0) is 32.7 Å². The van der Waals surface area contributed by atoms with Gasteiger partial charge in [-0.15, -0.1) is 21.5 Å². The van der Waals surface area contributed by atoms with Crippen molar-refractivity contribution in [3.8, 4) is 0 Å². The molecule has 2 aliphatic rings. The van der Waals surface area contributed by atoms with Gasteiger partial charge in [0.1, 0.15) is 10.0 Å². The monoisotopic (exact) mass is 280 g/mol. The summed E-state index contributed by atoms with van der Waals surface area (Å²) < 4.78 is 0. The van der Waals surface area contributed by atoms with Crippen LogP contribution >= 0.6 is 11.3 Å². The first kappa shape index (κ1) is 13.0. The van der Waals surface area contributed by atoms with E-state index in [-0.39, 0.29) is 5.41 Å². The maximum Gasteiger partial charge on any atom is 0.229 e. The van der Waals surface area contributed by atoms with Gasteiger partial charge in [0.2, 0.25) is 5.91 Å². The zero-order valence-electron chi connectivity index (χ0n) is 11.6. The molecule has 1 spiro atoms. The van der Waals surface area contributed by atoms with Crippen molar-refractivity contribution in [2.24, 2.45) is 5.41 Å². The number of carbonyl (C=O) groups is 1.